The van der Waals surface area contributed by atoms with Crippen molar-refractivity contribution < 1.29 is 173 Å². The molecule has 6 aromatic carbocycles. The Kier molecular flexibility index (Phi) is 37.1. The van der Waals surface area contributed by atoms with Gasteiger partial charge < -0.3 is 91.7 Å². The van der Waals surface area contributed by atoms with E-state index < -0.39 is 338 Å². The molecule has 8 amide bonds. The number of carbonyl (C=O) groups excluding carboxylic acids is 12. The molecule has 726 valence electrons. The van der Waals surface area contributed by atoms with Crippen molar-refractivity contribution in [3.63, 3.8) is 0 Å². The number of carbonyl (C=O) groups is 12. The lowest BCUT2D eigenvalue weighted by molar-refractivity contribution is -0.180. The van der Waals surface area contributed by atoms with Crippen molar-refractivity contribution in [3.05, 3.63) is 193 Å². The number of esters is 4. The van der Waals surface area contributed by atoms with E-state index in [9.17, 15) is 154 Å². The summed E-state index contributed by atoms with van der Waals surface area (Å²) < 4.78 is 235. The second-order valence-corrected chi connectivity index (χ2v) is 32.2. The number of benzene rings is 6. The van der Waals surface area contributed by atoms with Gasteiger partial charge in [-0.2, -0.15) is 0 Å². The third-order valence-electron chi connectivity index (χ3n) is 23.2. The van der Waals surface area contributed by atoms with Crippen molar-refractivity contribution >= 4 is 71.1 Å². The summed E-state index contributed by atoms with van der Waals surface area (Å²) in [6.45, 7) is 17.0. The fourth-order valence-corrected chi connectivity index (χ4v) is 14.3. The first-order valence-electron chi connectivity index (χ1n) is 41.3. The van der Waals surface area contributed by atoms with Crippen molar-refractivity contribution in [1.82, 2.24) is 42.1 Å². The molecule has 6 aromatic rings. The number of nitrogens with zero attached hydrogens (tertiary/aromatic N) is 1. The van der Waals surface area contributed by atoms with Gasteiger partial charge in [-0.25, -0.2) is 80.2 Å². The second-order valence-electron chi connectivity index (χ2n) is 32.2. The van der Waals surface area contributed by atoms with Crippen LogP contribution in [0.5, 0.6) is 17.2 Å². The molecule has 6 unspecified atom stereocenters. The average Bonchev–Trinajstić information content (AvgIpc) is 0.782. The number of halogens is 15. The number of hydrogen-bond acceptors (Lipinski definition) is 22. The van der Waals surface area contributed by atoms with Crippen molar-refractivity contribution in [2.45, 2.75) is 213 Å². The zero-order valence-corrected chi connectivity index (χ0v) is 73.1. The van der Waals surface area contributed by atoms with E-state index in [1.807, 2.05) is 0 Å². The zero-order valence-electron chi connectivity index (χ0n) is 73.1. The summed E-state index contributed by atoms with van der Waals surface area (Å²) >= 11 is 0. The molecule has 0 aromatic heterocycles. The van der Waals surface area contributed by atoms with Crippen LogP contribution in [-0.2, 0) is 81.4 Å². The highest BCUT2D eigenvalue weighted by Gasteiger charge is 2.48. The molecule has 0 spiro atoms. The summed E-state index contributed by atoms with van der Waals surface area (Å²) in [5.41, 5.74) is -4.99. The molecule has 3 heterocycles. The van der Waals surface area contributed by atoms with Crippen molar-refractivity contribution in [2.75, 3.05) is 7.05 Å². The molecule has 3 fully saturated rings. The number of cyclic esters (lactones) is 4. The van der Waals surface area contributed by atoms with Crippen LogP contribution in [0.4, 0.5) is 65.9 Å². The van der Waals surface area contributed by atoms with Crippen LogP contribution >= 0.6 is 0 Å². The molecule has 133 heavy (non-hydrogen) atoms. The largest absolute Gasteiger partial charge is 0.507 e. The molecule has 0 saturated carbocycles. The highest BCUT2D eigenvalue weighted by molar-refractivity contribution is 6.02. The maximum Gasteiger partial charge on any atom is 0.348 e. The number of likely N-dealkylation sites (N-methyl/N-ethyl adjacent to an activating group) is 1. The fraction of sp³-hybridized carbons (Fsp3) is 0.455. The van der Waals surface area contributed by atoms with E-state index in [2.05, 4.69) is 37.2 Å². The zero-order chi connectivity index (χ0) is 100.0. The first-order chi connectivity index (χ1) is 62.2. The normalized spacial score (nSPS) is 25.5. The van der Waals surface area contributed by atoms with Gasteiger partial charge in [-0.15, -0.1) is 0 Å². The maximum atomic E-state index is 14.7. The lowest BCUT2D eigenvalue weighted by Gasteiger charge is -2.38. The molecule has 0 radical (unpaired) electrons. The molecule has 0 aliphatic carbocycles. The molecule has 3 aliphatic heterocycles. The topological polar surface area (TPSA) is 451 Å². The summed E-state index contributed by atoms with van der Waals surface area (Å²) in [5, 5.41) is 79.7. The lowest BCUT2D eigenvalue weighted by Crippen LogP contribution is -2.61. The van der Waals surface area contributed by atoms with Gasteiger partial charge in [0.15, 0.2) is 69.8 Å². The van der Waals surface area contributed by atoms with Crippen LogP contribution in [0.25, 0.3) is 0 Å². The van der Waals surface area contributed by atoms with Gasteiger partial charge in [0.1, 0.15) is 65.8 Å². The number of aliphatic hydroxyl groups excluding tert-OH is 3. The second kappa shape index (κ2) is 46.0. The summed E-state index contributed by atoms with van der Waals surface area (Å²) in [7, 11) is 1.26. The van der Waals surface area contributed by atoms with E-state index in [4.69, 9.17) is 18.9 Å². The highest BCUT2D eigenvalue weighted by atomic mass is 19.2. The van der Waals surface area contributed by atoms with Gasteiger partial charge in [-0.3, -0.25) is 43.2 Å². The number of amides is 8. The number of phenolic OH excluding ortho intramolecular Hbond substituents is 3. The molecular formula is C88H97F15N8O22. The molecule has 30 nitrogen and oxygen atoms in total. The van der Waals surface area contributed by atoms with Gasteiger partial charge in [0, 0.05) is 48.9 Å². The Balaban J connectivity index is 0.000000272. The summed E-state index contributed by atoms with van der Waals surface area (Å²) in [4.78, 5) is 160. The SMILES string of the molecule is CCC(C)C1C(=O)O[C@H](C)[C@H](NC(=O)c2ccccc2O)C(=O)N[C@@H](Cc2c(F)c(F)c(F)c(F)c2F)[C@@H](O)[C@@H](C)C(=O)N1C.CCC(C)C1NC(=O)[C@H](C)[C@H](O)[C@H](Cc2c(F)c(F)c(F)c(F)c2F)NC(=O)[C@@H](NC(=O)c2ccccc2O)[C@@H](C)OC1=O.CCC(C)C1OC(=O)[C@H](C)[C@H](O)[C@H](Cc2c(F)c(F)c(F)c(F)c2F)NC(=O)[C@@H](NC(=O)c2ccccc2O)[C@@H](C)OC1=O. The number of hydrogen-bond donors (Lipinski definition) is 13. The molecular weight excluding hydrogens is 1810 g/mol. The van der Waals surface area contributed by atoms with Crippen molar-refractivity contribution in [1.29, 1.82) is 0 Å². The maximum absolute atomic E-state index is 14.7. The van der Waals surface area contributed by atoms with E-state index in [-0.39, 0.29) is 16.7 Å². The Morgan fingerprint density at radius 3 is 0.947 bits per heavy atom. The van der Waals surface area contributed by atoms with Crippen LogP contribution < -0.4 is 37.2 Å². The number of aliphatic hydroxyl groups is 3. The van der Waals surface area contributed by atoms with Gasteiger partial charge in [-0.05, 0) is 82.3 Å². The van der Waals surface area contributed by atoms with E-state index >= 15 is 0 Å². The third kappa shape index (κ3) is 24.6. The average molecular weight is 1900 g/mol. The Bertz CT molecular complexity index is 5080. The number of nitrogens with one attached hydrogen (secondary N) is 7. The minimum absolute atomic E-state index is 0.274. The van der Waals surface area contributed by atoms with Gasteiger partial charge >= 0.3 is 23.9 Å². The van der Waals surface area contributed by atoms with Crippen LogP contribution in [-0.4, -0.2) is 205 Å². The molecule has 21 atom stereocenters. The number of ether oxygens (including phenoxy) is 4. The smallest absolute Gasteiger partial charge is 0.348 e. The summed E-state index contributed by atoms with van der Waals surface area (Å²) in [6.07, 6.45) is -14.6. The van der Waals surface area contributed by atoms with E-state index in [0.29, 0.717) is 19.3 Å². The first-order valence-corrected chi connectivity index (χ1v) is 41.3. The van der Waals surface area contributed by atoms with Crippen LogP contribution in [0, 0.1) is 123 Å². The first kappa shape index (κ1) is 107. The van der Waals surface area contributed by atoms with Crippen molar-refractivity contribution in [2.24, 2.45) is 35.5 Å². The Hall–Kier alpha value is -12.8. The van der Waals surface area contributed by atoms with Crippen molar-refractivity contribution in [3.8, 4) is 17.2 Å². The van der Waals surface area contributed by atoms with E-state index in [1.165, 1.54) is 108 Å². The fourth-order valence-electron chi connectivity index (χ4n) is 14.3. The predicted molar refractivity (Wildman–Crippen MR) is 433 cm³/mol. The Morgan fingerprint density at radius 1 is 0.361 bits per heavy atom. The van der Waals surface area contributed by atoms with Gasteiger partial charge in [-0.1, -0.05) is 105 Å². The molecule has 3 saturated heterocycles. The molecule has 3 aliphatic rings. The van der Waals surface area contributed by atoms with Crippen LogP contribution in [0.1, 0.15) is 150 Å². The van der Waals surface area contributed by atoms with E-state index in [1.54, 1.807) is 41.5 Å². The molecule has 13 N–H and O–H groups in total. The summed E-state index contributed by atoms with van der Waals surface area (Å²) in [5.74, 6) is -54.5. The molecule has 9 rings (SSSR count). The minimum Gasteiger partial charge on any atom is -0.507 e. The monoisotopic (exact) mass is 1900 g/mol. The van der Waals surface area contributed by atoms with Crippen LogP contribution in [0.2, 0.25) is 0 Å². The van der Waals surface area contributed by atoms with E-state index in [0.717, 1.165) is 18.7 Å². The number of para-hydroxylation sites is 3. The van der Waals surface area contributed by atoms with Crippen LogP contribution in [0.3, 0.4) is 0 Å². The number of phenols is 3. The number of rotatable bonds is 18. The Morgan fingerprint density at radius 2 is 0.639 bits per heavy atom. The molecule has 0 bridgehead atoms. The predicted octanol–water partition coefficient (Wildman–Crippen LogP) is 7.93. The lowest BCUT2D eigenvalue weighted by atomic mass is 9.89. The van der Waals surface area contributed by atoms with Gasteiger partial charge in [0.05, 0.1) is 70.9 Å². The minimum atomic E-state index is -2.43. The molecule has 45 heteroatoms. The highest BCUT2D eigenvalue weighted by Crippen LogP contribution is 2.34. The Labute approximate surface area is 749 Å². The van der Waals surface area contributed by atoms with Gasteiger partial charge in [0.25, 0.3) is 17.7 Å². The van der Waals surface area contributed by atoms with Crippen LogP contribution in [0.15, 0.2) is 72.8 Å². The third-order valence-corrected chi connectivity index (χ3v) is 23.2. The number of aromatic hydroxyl groups is 3. The summed E-state index contributed by atoms with van der Waals surface area (Å²) in [6, 6.07) is 2.19. The standard InChI is InChI=1S/C30H34F5N3O7.C29H32F5N3O7.C29H31F5N2O8/c1-6-12(2)25-30(44)45-14(4)24(37-27(41)15-9-7-8-10-18(15)39)28(42)36-17(26(40)13(3)29(43)38(25)5)11-16-19(31)21(33)23(35)22(34)20(16)32;1-5-11(2)23-29(43)44-13(4)24(37-27(41)14-8-6-7-9-17(14)38)28(42)35-16(25(39)12(3)26(40)36-23)10-15-18(30)20(32)22(34)21(33)19(15)31;1-5-11(2)25-29(42)43-13(4)23(36-26(39)14-8-6-7-9-17(14)37)27(40)35-16(24(38)12(3)28(41)44-25)10-15-18(30)20(32)22(34)21(33)19(15)31/h7-10,12-14,17,24-26,39-40H,6,11H2,1-5H3,(H,36,42)(H,37,41);6-9,11-13,16,23-25,38-39H,5,10H2,1-4H3,(H,35,42)(H,36,40)(H,37,41);6-9,11-13,16,23-25,37-38H,5,10H2,1-4H3,(H,35,40)(H,36,39)/t12?,13-,14-,17+,24+,25?,26+;11?,12-,13-,16+,23?,24+,25+;11?,12-,13-,16+,23+,24+,25?/m111/s1. The quantitative estimate of drug-likeness (QED) is 0.0128. The van der Waals surface area contributed by atoms with Gasteiger partial charge in [0.2, 0.25) is 53.1 Å².